The maximum atomic E-state index is 10.6. The Labute approximate surface area is 117 Å². The molecule has 0 saturated heterocycles. The van der Waals surface area contributed by atoms with Gasteiger partial charge in [0.05, 0.1) is 16.8 Å². The lowest BCUT2D eigenvalue weighted by Gasteiger charge is -2.19. The number of nitrogens with zero attached hydrogens (tertiary/aromatic N) is 1. The Morgan fingerprint density at radius 3 is 2.70 bits per heavy atom. The van der Waals surface area contributed by atoms with Crippen LogP contribution in [0.2, 0.25) is 0 Å². The number of nitro benzene ring substituents is 1. The number of benzene rings is 1. The Bertz CT molecular complexity index is 499. The Balaban J connectivity index is 1.94. The first-order valence-electron chi connectivity index (χ1n) is 6.70. The van der Waals surface area contributed by atoms with E-state index in [4.69, 9.17) is 10.5 Å². The number of hydrogen-bond acceptors (Lipinski definition) is 5. The summed E-state index contributed by atoms with van der Waals surface area (Å²) in [6, 6.07) is 6.18. The van der Waals surface area contributed by atoms with Gasteiger partial charge in [0.1, 0.15) is 5.75 Å². The average Bonchev–Trinajstić information content (AvgIpc) is 2.84. The summed E-state index contributed by atoms with van der Waals surface area (Å²) in [7, 11) is 0. The molecule has 1 aromatic carbocycles. The summed E-state index contributed by atoms with van der Waals surface area (Å²) in [4.78, 5) is 10.2. The fraction of sp³-hybridized carbons (Fsp3) is 0.429. The van der Waals surface area contributed by atoms with Crippen molar-refractivity contribution in [2.45, 2.75) is 25.9 Å². The molecule has 6 heteroatoms. The Morgan fingerprint density at radius 1 is 1.50 bits per heavy atom. The molecule has 0 radical (unpaired) electrons. The van der Waals surface area contributed by atoms with E-state index < -0.39 is 4.92 Å². The zero-order chi connectivity index (χ0) is 14.5. The van der Waals surface area contributed by atoms with Gasteiger partial charge in [-0.05, 0) is 31.1 Å². The van der Waals surface area contributed by atoms with Crippen LogP contribution in [0.3, 0.4) is 0 Å². The van der Waals surface area contributed by atoms with Crippen LogP contribution in [-0.2, 0) is 0 Å². The van der Waals surface area contributed by atoms with Gasteiger partial charge in [0, 0.05) is 24.6 Å². The van der Waals surface area contributed by atoms with Crippen molar-refractivity contribution >= 4 is 5.69 Å². The monoisotopic (exact) mass is 277 g/mol. The maximum absolute atomic E-state index is 10.6. The number of hydrogen-bond donors (Lipinski definition) is 2. The first kappa shape index (κ1) is 14.2. The van der Waals surface area contributed by atoms with Crippen LogP contribution in [-0.4, -0.2) is 17.6 Å². The van der Waals surface area contributed by atoms with Crippen LogP contribution in [0.25, 0.3) is 0 Å². The lowest BCUT2D eigenvalue weighted by Crippen LogP contribution is -2.22. The molecule has 0 amide bonds. The lowest BCUT2D eigenvalue weighted by molar-refractivity contribution is -0.384. The minimum atomic E-state index is -0.418. The van der Waals surface area contributed by atoms with Crippen molar-refractivity contribution in [3.63, 3.8) is 0 Å². The topological polar surface area (TPSA) is 90.4 Å². The first-order chi connectivity index (χ1) is 9.58. The van der Waals surface area contributed by atoms with Gasteiger partial charge in [-0.2, -0.15) is 0 Å². The van der Waals surface area contributed by atoms with Crippen LogP contribution in [0, 0.1) is 16.0 Å². The number of ether oxygens (including phenoxy) is 1. The van der Waals surface area contributed by atoms with Gasteiger partial charge < -0.3 is 15.8 Å². The number of rotatable bonds is 6. The molecule has 0 saturated carbocycles. The molecule has 0 bridgehead atoms. The maximum Gasteiger partial charge on any atom is 0.269 e. The van der Waals surface area contributed by atoms with E-state index in [0.717, 1.165) is 25.2 Å². The van der Waals surface area contributed by atoms with E-state index in [1.807, 2.05) is 6.08 Å². The Hall–Kier alpha value is -2.24. The van der Waals surface area contributed by atoms with Crippen LogP contribution < -0.4 is 15.8 Å². The van der Waals surface area contributed by atoms with Gasteiger partial charge in [-0.15, -0.1) is 0 Å². The van der Waals surface area contributed by atoms with Crippen molar-refractivity contribution in [3.8, 4) is 5.75 Å². The fourth-order valence-corrected chi connectivity index (χ4v) is 2.25. The average molecular weight is 277 g/mol. The van der Waals surface area contributed by atoms with Gasteiger partial charge in [0.15, 0.2) is 0 Å². The third-order valence-electron chi connectivity index (χ3n) is 3.35. The van der Waals surface area contributed by atoms with Crippen molar-refractivity contribution in [1.82, 2.24) is 5.32 Å². The summed E-state index contributed by atoms with van der Waals surface area (Å²) < 4.78 is 5.88. The Kier molecular flexibility index (Phi) is 4.45. The van der Waals surface area contributed by atoms with Crippen molar-refractivity contribution in [3.05, 3.63) is 46.3 Å². The zero-order valence-electron chi connectivity index (χ0n) is 11.4. The molecule has 108 valence electrons. The summed E-state index contributed by atoms with van der Waals surface area (Å²) in [5.74, 6) is 1.75. The zero-order valence-corrected chi connectivity index (χ0v) is 11.4. The quantitative estimate of drug-likeness (QED) is 0.614. The number of non-ortho nitro benzene ring substituents is 1. The molecule has 0 spiro atoms. The highest BCUT2D eigenvalue weighted by molar-refractivity contribution is 5.36. The van der Waals surface area contributed by atoms with E-state index in [2.05, 4.69) is 12.2 Å². The van der Waals surface area contributed by atoms with Gasteiger partial charge in [0.2, 0.25) is 0 Å². The molecule has 2 atom stereocenters. The molecular weight excluding hydrogens is 258 g/mol. The predicted molar refractivity (Wildman–Crippen MR) is 76.2 cm³/mol. The van der Waals surface area contributed by atoms with E-state index in [1.54, 1.807) is 12.1 Å². The summed E-state index contributed by atoms with van der Waals surface area (Å²) in [5, 5.41) is 13.7. The lowest BCUT2D eigenvalue weighted by atomic mass is 10.0. The largest absolute Gasteiger partial charge is 0.490 e. The molecule has 0 aliphatic carbocycles. The van der Waals surface area contributed by atoms with E-state index in [-0.39, 0.29) is 11.8 Å². The fourth-order valence-electron chi connectivity index (χ4n) is 2.25. The van der Waals surface area contributed by atoms with E-state index in [0.29, 0.717) is 11.7 Å². The number of nitro groups is 1. The van der Waals surface area contributed by atoms with Crippen LogP contribution in [0.5, 0.6) is 5.75 Å². The van der Waals surface area contributed by atoms with Crippen LogP contribution in [0.15, 0.2) is 36.2 Å². The van der Waals surface area contributed by atoms with E-state index in [9.17, 15) is 10.1 Å². The van der Waals surface area contributed by atoms with Crippen LogP contribution in [0.1, 0.15) is 19.8 Å². The summed E-state index contributed by atoms with van der Waals surface area (Å²) >= 11 is 0. The second-order valence-electron chi connectivity index (χ2n) is 4.90. The molecule has 0 aromatic heterocycles. The van der Waals surface area contributed by atoms with Gasteiger partial charge in [0.25, 0.3) is 5.69 Å². The molecule has 3 N–H and O–H groups in total. The molecule has 0 unspecified atom stereocenters. The second-order valence-corrected chi connectivity index (χ2v) is 4.90. The van der Waals surface area contributed by atoms with Crippen molar-refractivity contribution in [2.75, 3.05) is 6.54 Å². The SMILES string of the molecule is CC[C@@H](C[C@H]1C=C(N)NC1)Oc1ccc([N+](=O)[O-])cc1. The van der Waals surface area contributed by atoms with Gasteiger partial charge >= 0.3 is 0 Å². The Morgan fingerprint density at radius 2 is 2.20 bits per heavy atom. The predicted octanol–water partition coefficient (Wildman–Crippen LogP) is 2.16. The number of nitrogens with two attached hydrogens (primary N) is 1. The van der Waals surface area contributed by atoms with E-state index in [1.165, 1.54) is 12.1 Å². The highest BCUT2D eigenvalue weighted by atomic mass is 16.6. The van der Waals surface area contributed by atoms with Crippen LogP contribution >= 0.6 is 0 Å². The van der Waals surface area contributed by atoms with E-state index >= 15 is 0 Å². The minimum absolute atomic E-state index is 0.0705. The summed E-state index contributed by atoms with van der Waals surface area (Å²) in [5.41, 5.74) is 5.76. The van der Waals surface area contributed by atoms with Gasteiger partial charge in [-0.1, -0.05) is 6.92 Å². The second kappa shape index (κ2) is 6.27. The normalized spacial score (nSPS) is 19.1. The third kappa shape index (κ3) is 3.63. The molecule has 6 nitrogen and oxygen atoms in total. The molecule has 1 aliphatic heterocycles. The van der Waals surface area contributed by atoms with Crippen molar-refractivity contribution in [1.29, 1.82) is 0 Å². The number of nitrogens with one attached hydrogen (secondary N) is 1. The molecule has 0 fully saturated rings. The minimum Gasteiger partial charge on any atom is -0.490 e. The molecule has 1 heterocycles. The molecule has 2 rings (SSSR count). The third-order valence-corrected chi connectivity index (χ3v) is 3.35. The highest BCUT2D eigenvalue weighted by Gasteiger charge is 2.19. The summed E-state index contributed by atoms with van der Waals surface area (Å²) in [6.45, 7) is 2.90. The smallest absolute Gasteiger partial charge is 0.269 e. The van der Waals surface area contributed by atoms with Gasteiger partial charge in [-0.25, -0.2) is 0 Å². The van der Waals surface area contributed by atoms with Crippen LogP contribution in [0.4, 0.5) is 5.69 Å². The van der Waals surface area contributed by atoms with Crippen molar-refractivity contribution in [2.24, 2.45) is 11.7 Å². The molecule has 1 aromatic rings. The first-order valence-corrected chi connectivity index (χ1v) is 6.70. The van der Waals surface area contributed by atoms with Crippen molar-refractivity contribution < 1.29 is 9.66 Å². The molecule has 20 heavy (non-hydrogen) atoms. The van der Waals surface area contributed by atoms with Gasteiger partial charge in [-0.3, -0.25) is 10.1 Å². The molecule has 1 aliphatic rings. The standard InChI is InChI=1S/C14H19N3O3/c1-2-12(7-10-8-14(15)16-9-10)20-13-5-3-11(4-6-13)17(18)19/h3-6,8,10,12,16H,2,7,9,15H2,1H3/t10-,12-/m0/s1. The molecular formula is C14H19N3O3. The summed E-state index contributed by atoms with van der Waals surface area (Å²) in [6.07, 6.45) is 3.84. The highest BCUT2D eigenvalue weighted by Crippen LogP contribution is 2.22.